The molecule has 7 nitrogen and oxygen atoms in total. The lowest BCUT2D eigenvalue weighted by atomic mass is 10.1. The third kappa shape index (κ3) is 3.39. The van der Waals surface area contributed by atoms with Gasteiger partial charge in [-0.2, -0.15) is 0 Å². The number of hydrogen-bond acceptors (Lipinski definition) is 7. The van der Waals surface area contributed by atoms with Crippen LogP contribution in [0.5, 0.6) is 0 Å². The van der Waals surface area contributed by atoms with E-state index in [-0.39, 0.29) is 5.63 Å². The summed E-state index contributed by atoms with van der Waals surface area (Å²) in [7, 11) is 0. The number of hydrogen-bond donors (Lipinski definition) is 1. The summed E-state index contributed by atoms with van der Waals surface area (Å²) in [5, 5.41) is 1.26. The van der Waals surface area contributed by atoms with Gasteiger partial charge in [0.2, 0.25) is 5.89 Å². The SMILES string of the molecule is CC.Cc1cccc2nc(CSc3ncnc4nc[nH]c34)oc(=O)c12. The first-order valence-electron chi connectivity index (χ1n) is 7.88. The van der Waals surface area contributed by atoms with Crippen molar-refractivity contribution in [3.05, 3.63) is 52.7 Å². The molecule has 0 atom stereocenters. The Morgan fingerprint density at radius 3 is 2.88 bits per heavy atom. The van der Waals surface area contributed by atoms with Gasteiger partial charge in [-0.3, -0.25) is 0 Å². The van der Waals surface area contributed by atoms with Crippen molar-refractivity contribution in [2.45, 2.75) is 31.6 Å². The highest BCUT2D eigenvalue weighted by molar-refractivity contribution is 7.98. The second-order valence-electron chi connectivity index (χ2n) is 4.93. The van der Waals surface area contributed by atoms with E-state index in [1.807, 2.05) is 39.0 Å². The molecule has 128 valence electrons. The van der Waals surface area contributed by atoms with Crippen LogP contribution in [-0.4, -0.2) is 24.9 Å². The summed E-state index contributed by atoms with van der Waals surface area (Å²) in [6, 6.07) is 5.55. The van der Waals surface area contributed by atoms with Crippen LogP contribution in [0.1, 0.15) is 25.3 Å². The Morgan fingerprint density at radius 2 is 2.04 bits per heavy atom. The first kappa shape index (κ1) is 17.1. The highest BCUT2D eigenvalue weighted by Gasteiger charge is 2.11. The predicted octanol–water partition coefficient (Wildman–Crippen LogP) is 3.48. The van der Waals surface area contributed by atoms with Crippen LogP contribution < -0.4 is 5.63 Å². The lowest BCUT2D eigenvalue weighted by molar-refractivity contribution is 0.463. The van der Waals surface area contributed by atoms with Crippen LogP contribution in [0.15, 0.2) is 45.1 Å². The van der Waals surface area contributed by atoms with Gasteiger partial charge in [-0.05, 0) is 18.6 Å². The molecule has 0 saturated heterocycles. The van der Waals surface area contributed by atoms with Crippen molar-refractivity contribution >= 4 is 33.8 Å². The molecule has 0 fully saturated rings. The second-order valence-corrected chi connectivity index (χ2v) is 5.90. The van der Waals surface area contributed by atoms with Crippen molar-refractivity contribution < 1.29 is 4.42 Å². The Bertz CT molecular complexity index is 1070. The van der Waals surface area contributed by atoms with Crippen molar-refractivity contribution in [2.75, 3.05) is 0 Å². The lowest BCUT2D eigenvalue weighted by Crippen LogP contribution is -2.06. The average molecular weight is 355 g/mol. The van der Waals surface area contributed by atoms with Crippen molar-refractivity contribution in [3.8, 4) is 0 Å². The molecule has 0 unspecified atom stereocenters. The normalized spacial score (nSPS) is 10.7. The van der Waals surface area contributed by atoms with Gasteiger partial charge in [-0.1, -0.05) is 37.7 Å². The predicted molar refractivity (Wildman–Crippen MR) is 97.6 cm³/mol. The molecule has 4 rings (SSSR count). The number of aryl methyl sites for hydroxylation is 1. The number of nitrogens with zero attached hydrogens (tertiary/aromatic N) is 4. The summed E-state index contributed by atoms with van der Waals surface area (Å²) in [6.45, 7) is 5.87. The maximum Gasteiger partial charge on any atom is 0.347 e. The van der Waals surface area contributed by atoms with E-state index in [1.54, 1.807) is 6.33 Å². The van der Waals surface area contributed by atoms with Gasteiger partial charge >= 0.3 is 5.63 Å². The average Bonchev–Trinajstić information content (AvgIpc) is 3.11. The van der Waals surface area contributed by atoms with Gasteiger partial charge in [0.25, 0.3) is 0 Å². The van der Waals surface area contributed by atoms with Crippen molar-refractivity contribution in [2.24, 2.45) is 0 Å². The maximum atomic E-state index is 12.1. The zero-order valence-electron chi connectivity index (χ0n) is 14.1. The molecule has 0 aliphatic rings. The van der Waals surface area contributed by atoms with Crippen LogP contribution in [0, 0.1) is 6.92 Å². The molecule has 25 heavy (non-hydrogen) atoms. The number of aromatic amines is 1. The highest BCUT2D eigenvalue weighted by Crippen LogP contribution is 2.25. The number of rotatable bonds is 3. The summed E-state index contributed by atoms with van der Waals surface area (Å²) < 4.78 is 5.33. The minimum atomic E-state index is -0.363. The molecular formula is C17H17N5O2S. The fraction of sp³-hybridized carbons (Fsp3) is 0.235. The van der Waals surface area contributed by atoms with E-state index in [9.17, 15) is 4.79 Å². The molecule has 1 N–H and O–H groups in total. The smallest absolute Gasteiger partial charge is 0.347 e. The highest BCUT2D eigenvalue weighted by atomic mass is 32.2. The van der Waals surface area contributed by atoms with E-state index in [1.165, 1.54) is 18.1 Å². The van der Waals surface area contributed by atoms with E-state index in [2.05, 4.69) is 24.9 Å². The van der Waals surface area contributed by atoms with Gasteiger partial charge in [-0.25, -0.2) is 24.7 Å². The summed E-state index contributed by atoms with van der Waals surface area (Å²) in [5.74, 6) is 0.758. The van der Waals surface area contributed by atoms with Gasteiger partial charge in [-0.15, -0.1) is 0 Å². The molecular weight excluding hydrogens is 338 g/mol. The molecule has 0 spiro atoms. The van der Waals surface area contributed by atoms with E-state index in [0.29, 0.717) is 28.2 Å². The van der Waals surface area contributed by atoms with Crippen LogP contribution >= 0.6 is 11.8 Å². The molecule has 4 aromatic rings. The zero-order chi connectivity index (χ0) is 17.8. The quantitative estimate of drug-likeness (QED) is 0.444. The third-order valence-corrected chi connectivity index (χ3v) is 4.41. The van der Waals surface area contributed by atoms with Crippen LogP contribution in [0.3, 0.4) is 0 Å². The fourth-order valence-corrected chi connectivity index (χ4v) is 3.17. The molecule has 3 heterocycles. The number of imidazole rings is 1. The molecule has 1 aromatic carbocycles. The topological polar surface area (TPSA) is 97.6 Å². The standard InChI is InChI=1S/C15H11N5O2S.C2H6/c1-8-3-2-4-9-11(8)15(21)22-10(20-9)5-23-14-12-13(17-6-16-12)18-7-19-14;1-2/h2-4,6-7H,5H2,1H3,(H,16,17,18,19);1-2H3. The molecule has 8 heteroatoms. The first-order chi connectivity index (χ1) is 12.2. The van der Waals surface area contributed by atoms with E-state index >= 15 is 0 Å². The largest absolute Gasteiger partial charge is 0.407 e. The van der Waals surface area contributed by atoms with Crippen LogP contribution in [0.4, 0.5) is 0 Å². The van der Waals surface area contributed by atoms with Gasteiger partial charge in [0.15, 0.2) is 5.65 Å². The van der Waals surface area contributed by atoms with Crippen LogP contribution in [-0.2, 0) is 5.75 Å². The Labute approximate surface area is 147 Å². The minimum Gasteiger partial charge on any atom is -0.407 e. The Kier molecular flexibility index (Phi) is 5.08. The summed E-state index contributed by atoms with van der Waals surface area (Å²) in [5.41, 5.74) is 2.50. The molecule has 0 aliphatic heterocycles. The number of H-pyrrole nitrogens is 1. The maximum absolute atomic E-state index is 12.1. The molecule has 0 amide bonds. The van der Waals surface area contributed by atoms with E-state index in [0.717, 1.165) is 16.1 Å². The molecule has 0 bridgehead atoms. The van der Waals surface area contributed by atoms with E-state index < -0.39 is 0 Å². The van der Waals surface area contributed by atoms with E-state index in [4.69, 9.17) is 4.42 Å². The third-order valence-electron chi connectivity index (χ3n) is 3.43. The summed E-state index contributed by atoms with van der Waals surface area (Å²) in [4.78, 5) is 32.0. The minimum absolute atomic E-state index is 0.363. The number of nitrogens with one attached hydrogen (secondary N) is 1. The Hall–Kier alpha value is -2.74. The number of benzene rings is 1. The molecule has 0 aliphatic carbocycles. The molecule has 0 radical (unpaired) electrons. The number of aromatic nitrogens is 5. The van der Waals surface area contributed by atoms with Crippen LogP contribution in [0.25, 0.3) is 22.1 Å². The van der Waals surface area contributed by atoms with Gasteiger partial charge < -0.3 is 9.40 Å². The zero-order valence-corrected chi connectivity index (χ0v) is 14.9. The molecule has 0 saturated carbocycles. The number of fused-ring (bicyclic) bond motifs is 2. The van der Waals surface area contributed by atoms with Gasteiger partial charge in [0, 0.05) is 0 Å². The Balaban J connectivity index is 0.000000880. The van der Waals surface area contributed by atoms with Crippen molar-refractivity contribution in [1.82, 2.24) is 24.9 Å². The molecule has 3 aromatic heterocycles. The second kappa shape index (κ2) is 7.43. The monoisotopic (exact) mass is 355 g/mol. The van der Waals surface area contributed by atoms with Gasteiger partial charge in [0.1, 0.15) is 16.9 Å². The first-order valence-corrected chi connectivity index (χ1v) is 8.87. The lowest BCUT2D eigenvalue weighted by Gasteiger charge is -2.03. The fourth-order valence-electron chi connectivity index (χ4n) is 2.37. The number of thioether (sulfide) groups is 1. The summed E-state index contributed by atoms with van der Waals surface area (Å²) in [6.07, 6.45) is 3.03. The van der Waals surface area contributed by atoms with Crippen molar-refractivity contribution in [1.29, 1.82) is 0 Å². The van der Waals surface area contributed by atoms with Crippen molar-refractivity contribution in [3.63, 3.8) is 0 Å². The summed E-state index contributed by atoms with van der Waals surface area (Å²) >= 11 is 1.41. The Morgan fingerprint density at radius 1 is 1.20 bits per heavy atom. The van der Waals surface area contributed by atoms with Gasteiger partial charge in [0.05, 0.1) is 23.0 Å². The van der Waals surface area contributed by atoms with Crippen LogP contribution in [0.2, 0.25) is 0 Å².